The average Bonchev–Trinajstić information content (AvgIpc) is 3.69. The standard InChI is InChI=1S/C56H76N4O5S/c1-39(2)43-19-26-56(59-29-30-60-31-33-66(62,63)34-32-60)28-27-53(6)45(49(43)56)14-15-47-52(5)22-20-44(51(3,4)46(52)21-23-54(47,53)7)42-17-24-55(25-18-42,38-65-48-16-13-41(35-57)36-58-48)50(61)64-37-40-11-9-8-10-12-40/h8-13,16-17,20,36,43,45-47,49,59H,1,14-15,18-19,21-34,37-38H2,2-7H3/t43-,45+,46-,47+,49+,52-,53+,54+,55?,56-/m0/s1. The van der Waals surface area contributed by atoms with Gasteiger partial charge < -0.3 is 19.7 Å². The van der Waals surface area contributed by atoms with E-state index in [1.165, 1.54) is 74.3 Å². The van der Waals surface area contributed by atoms with E-state index in [-0.39, 0.29) is 57.9 Å². The van der Waals surface area contributed by atoms with Crippen LogP contribution in [0.4, 0.5) is 0 Å². The summed E-state index contributed by atoms with van der Waals surface area (Å²) in [4.78, 5) is 20.9. The van der Waals surface area contributed by atoms with Gasteiger partial charge in [-0.15, -0.1) is 0 Å². The van der Waals surface area contributed by atoms with Crippen molar-refractivity contribution >= 4 is 15.8 Å². The number of fused-ring (bicyclic) bond motifs is 7. The predicted octanol–water partition coefficient (Wildman–Crippen LogP) is 10.4. The molecule has 10 heteroatoms. The number of pyridine rings is 1. The molecule has 2 heterocycles. The number of rotatable bonds is 12. The first kappa shape index (κ1) is 47.3. The van der Waals surface area contributed by atoms with Gasteiger partial charge in [0.05, 0.1) is 17.1 Å². The minimum Gasteiger partial charge on any atom is -0.476 e. The zero-order chi connectivity index (χ0) is 46.8. The van der Waals surface area contributed by atoms with E-state index < -0.39 is 15.3 Å². The van der Waals surface area contributed by atoms with Crippen molar-refractivity contribution in [2.24, 2.45) is 56.7 Å². The molecule has 0 radical (unpaired) electrons. The number of nitrogens with one attached hydrogen (secondary N) is 1. The highest BCUT2D eigenvalue weighted by atomic mass is 32.2. The fraction of sp³-hybridized carbons (Fsp3) is 0.661. The summed E-state index contributed by atoms with van der Waals surface area (Å²) in [5.41, 5.74) is 5.56. The van der Waals surface area contributed by atoms with Gasteiger partial charge in [0.2, 0.25) is 5.88 Å². The summed E-state index contributed by atoms with van der Waals surface area (Å²) in [5, 5.41) is 13.5. The van der Waals surface area contributed by atoms with E-state index in [0.717, 1.165) is 31.5 Å². The van der Waals surface area contributed by atoms with Crippen LogP contribution in [0, 0.1) is 68.0 Å². The van der Waals surface area contributed by atoms with Crippen molar-refractivity contribution in [3.63, 3.8) is 0 Å². The minimum atomic E-state index is -2.89. The van der Waals surface area contributed by atoms with E-state index in [1.54, 1.807) is 12.1 Å². The van der Waals surface area contributed by atoms with Crippen LogP contribution in [0.1, 0.15) is 130 Å². The average molecular weight is 917 g/mol. The molecule has 1 aromatic heterocycles. The number of benzene rings is 1. The molecular weight excluding hydrogens is 841 g/mol. The summed E-state index contributed by atoms with van der Waals surface area (Å²) in [6, 6.07) is 15.4. The lowest BCUT2D eigenvalue weighted by atomic mass is 9.33. The number of aromatic nitrogens is 1. The van der Waals surface area contributed by atoms with Gasteiger partial charge in [0, 0.05) is 44.0 Å². The molecule has 9 rings (SSSR count). The van der Waals surface area contributed by atoms with Crippen LogP contribution in [0.3, 0.4) is 0 Å². The number of hydrogen-bond acceptors (Lipinski definition) is 9. The highest BCUT2D eigenvalue weighted by Gasteiger charge is 2.70. The molecular formula is C56H76N4O5S. The molecule has 1 unspecified atom stereocenters. The summed E-state index contributed by atoms with van der Waals surface area (Å²) in [6.45, 7) is 23.6. The molecule has 1 aromatic carbocycles. The lowest BCUT2D eigenvalue weighted by Gasteiger charge is -2.72. The summed E-state index contributed by atoms with van der Waals surface area (Å²) in [5.74, 6) is 3.71. The molecule has 2 aromatic rings. The van der Waals surface area contributed by atoms with Gasteiger partial charge >= 0.3 is 5.97 Å². The van der Waals surface area contributed by atoms with Crippen LogP contribution in [0.15, 0.2) is 84.1 Å². The monoisotopic (exact) mass is 917 g/mol. The molecule has 1 saturated heterocycles. The topological polar surface area (TPSA) is 122 Å². The molecule has 7 aliphatic rings. The Labute approximate surface area is 396 Å². The van der Waals surface area contributed by atoms with Crippen LogP contribution in [-0.2, 0) is 26.0 Å². The van der Waals surface area contributed by atoms with Gasteiger partial charge in [-0.05, 0) is 158 Å². The molecule has 356 valence electrons. The fourth-order valence-corrected chi connectivity index (χ4v) is 17.5. The molecule has 0 spiro atoms. The summed E-state index contributed by atoms with van der Waals surface area (Å²) >= 11 is 0. The lowest BCUT2D eigenvalue weighted by molar-refractivity contribution is -0.221. The second kappa shape index (κ2) is 17.6. The number of allylic oxidation sites excluding steroid dienone is 5. The third-order valence-electron chi connectivity index (χ3n) is 20.0. The molecule has 5 fully saturated rings. The smallest absolute Gasteiger partial charge is 0.316 e. The Morgan fingerprint density at radius 2 is 1.68 bits per heavy atom. The third kappa shape index (κ3) is 8.13. The first-order valence-electron chi connectivity index (χ1n) is 25.3. The first-order valence-corrected chi connectivity index (χ1v) is 27.1. The second-order valence-corrected chi connectivity index (χ2v) is 25.7. The van der Waals surface area contributed by atoms with Gasteiger partial charge in [-0.3, -0.25) is 4.79 Å². The molecule has 0 amide bonds. The lowest BCUT2D eigenvalue weighted by Crippen LogP contribution is -2.68. The van der Waals surface area contributed by atoms with Gasteiger partial charge in [-0.2, -0.15) is 5.26 Å². The number of hydrogen-bond donors (Lipinski definition) is 1. The second-order valence-electron chi connectivity index (χ2n) is 23.4. The summed E-state index contributed by atoms with van der Waals surface area (Å²) < 4.78 is 36.6. The molecule has 4 saturated carbocycles. The fourth-order valence-electron chi connectivity index (χ4n) is 16.2. The van der Waals surface area contributed by atoms with Crippen molar-refractivity contribution < 1.29 is 22.7 Å². The van der Waals surface area contributed by atoms with Crippen molar-refractivity contribution in [1.82, 2.24) is 15.2 Å². The van der Waals surface area contributed by atoms with E-state index in [2.05, 4.69) is 81.5 Å². The van der Waals surface area contributed by atoms with Crippen molar-refractivity contribution in [2.75, 3.05) is 44.3 Å². The Kier molecular flexibility index (Phi) is 12.6. The molecule has 9 nitrogen and oxygen atoms in total. The number of nitriles is 1. The van der Waals surface area contributed by atoms with Crippen molar-refractivity contribution in [1.29, 1.82) is 5.26 Å². The van der Waals surface area contributed by atoms with E-state index in [9.17, 15) is 18.5 Å². The van der Waals surface area contributed by atoms with E-state index in [1.807, 2.05) is 30.3 Å². The Balaban J connectivity index is 0.933. The Morgan fingerprint density at radius 3 is 2.36 bits per heavy atom. The van der Waals surface area contributed by atoms with Crippen LogP contribution in [0.2, 0.25) is 0 Å². The van der Waals surface area contributed by atoms with Crippen LogP contribution < -0.4 is 10.1 Å². The van der Waals surface area contributed by atoms with E-state index in [4.69, 9.17) is 9.47 Å². The van der Waals surface area contributed by atoms with Gasteiger partial charge in [-0.1, -0.05) is 89.3 Å². The van der Waals surface area contributed by atoms with Gasteiger partial charge in [0.1, 0.15) is 24.7 Å². The van der Waals surface area contributed by atoms with E-state index in [0.29, 0.717) is 67.0 Å². The molecule has 0 bridgehead atoms. The zero-order valence-corrected chi connectivity index (χ0v) is 41.6. The predicted molar refractivity (Wildman–Crippen MR) is 261 cm³/mol. The molecule has 1 N–H and O–H groups in total. The SMILES string of the molecule is C=C(C)[C@@H]1CC[C@]2(NCCN3CCS(=O)(=O)CC3)CC[C@]3(C)[C@H](CC[C@@H]4[C@@]5(C)CC=C(C6=CCC(COc7ccc(C#N)cn7)(C(=O)OCc7ccccc7)CC6)C(C)(C)[C@@H]5CC[C@]43C)[C@@H]12. The molecule has 1 aliphatic heterocycles. The third-order valence-corrected chi connectivity index (χ3v) is 21.6. The number of carbonyl (C=O) groups is 1. The highest BCUT2D eigenvalue weighted by molar-refractivity contribution is 7.91. The van der Waals surface area contributed by atoms with Crippen molar-refractivity contribution in [3.8, 4) is 11.9 Å². The minimum absolute atomic E-state index is 0.0185. The van der Waals surface area contributed by atoms with Crippen molar-refractivity contribution in [3.05, 3.63) is 95.2 Å². The van der Waals surface area contributed by atoms with Crippen LogP contribution in [0.5, 0.6) is 5.88 Å². The number of nitrogens with zero attached hydrogens (tertiary/aromatic N) is 3. The zero-order valence-electron chi connectivity index (χ0n) is 40.8. The highest BCUT2D eigenvalue weighted by Crippen LogP contribution is 2.76. The maximum atomic E-state index is 14.2. The van der Waals surface area contributed by atoms with E-state index >= 15 is 0 Å². The van der Waals surface area contributed by atoms with Crippen molar-refractivity contribution in [2.45, 2.75) is 131 Å². The van der Waals surface area contributed by atoms with Crippen LogP contribution in [0.25, 0.3) is 0 Å². The number of esters is 1. The Hall–Kier alpha value is -3.78. The number of sulfone groups is 1. The molecule has 66 heavy (non-hydrogen) atoms. The Bertz CT molecular complexity index is 2380. The summed E-state index contributed by atoms with van der Waals surface area (Å²) in [6.07, 6.45) is 19.5. The Morgan fingerprint density at radius 1 is 0.909 bits per heavy atom. The van der Waals surface area contributed by atoms with Crippen LogP contribution in [-0.4, -0.2) is 74.1 Å². The summed E-state index contributed by atoms with van der Waals surface area (Å²) in [7, 11) is -2.89. The number of ether oxygens (including phenoxy) is 2. The quantitative estimate of drug-likeness (QED) is 0.164. The molecule has 6 aliphatic carbocycles. The normalized spacial score (nSPS) is 37.9. The van der Waals surface area contributed by atoms with Crippen LogP contribution >= 0.6 is 0 Å². The molecule has 10 atom stereocenters. The van der Waals surface area contributed by atoms with Gasteiger partial charge in [-0.25, -0.2) is 13.4 Å². The number of carbonyl (C=O) groups excluding carboxylic acids is 1. The largest absolute Gasteiger partial charge is 0.476 e. The maximum Gasteiger partial charge on any atom is 0.316 e. The van der Waals surface area contributed by atoms with Gasteiger partial charge in [0.15, 0.2) is 9.84 Å². The first-order chi connectivity index (χ1) is 31.4. The maximum absolute atomic E-state index is 14.2. The van der Waals surface area contributed by atoms with Gasteiger partial charge in [0.25, 0.3) is 0 Å².